The number of nitrogens with zero attached hydrogens (tertiary/aromatic N) is 3. The van der Waals surface area contributed by atoms with Gasteiger partial charge in [0.25, 0.3) is 5.56 Å². The zero-order chi connectivity index (χ0) is 20.5. The van der Waals surface area contributed by atoms with Crippen LogP contribution in [0.4, 0.5) is 0 Å². The van der Waals surface area contributed by atoms with Crippen molar-refractivity contribution < 1.29 is 4.79 Å². The number of hydrogen-bond donors (Lipinski definition) is 0. The second-order valence-corrected chi connectivity index (χ2v) is 9.53. The van der Waals surface area contributed by atoms with Gasteiger partial charge in [0.15, 0.2) is 0 Å². The molecule has 0 radical (unpaired) electrons. The van der Waals surface area contributed by atoms with Gasteiger partial charge < -0.3 is 4.90 Å². The predicted molar refractivity (Wildman–Crippen MR) is 120 cm³/mol. The molecule has 1 aromatic carbocycles. The number of fused-ring (bicyclic) bond motifs is 3. The van der Waals surface area contributed by atoms with E-state index in [2.05, 4.69) is 29.2 Å². The molecule has 5 nitrogen and oxygen atoms in total. The first-order valence-electron chi connectivity index (χ1n) is 11.0. The van der Waals surface area contributed by atoms with E-state index in [0.717, 1.165) is 55.4 Å². The number of hydrogen-bond acceptors (Lipinski definition) is 4. The number of amides is 1. The lowest BCUT2D eigenvalue weighted by Gasteiger charge is -2.32. The van der Waals surface area contributed by atoms with Crippen LogP contribution in [-0.4, -0.2) is 33.4 Å². The smallest absolute Gasteiger partial charge is 0.262 e. The molecule has 1 saturated heterocycles. The van der Waals surface area contributed by atoms with Crippen LogP contribution in [0.3, 0.4) is 0 Å². The fourth-order valence-corrected chi connectivity index (χ4v) is 6.12. The first kappa shape index (κ1) is 19.5. The van der Waals surface area contributed by atoms with Gasteiger partial charge in [0.05, 0.1) is 11.7 Å². The van der Waals surface area contributed by atoms with Crippen LogP contribution < -0.4 is 5.56 Å². The highest BCUT2D eigenvalue weighted by Gasteiger charge is 2.24. The Hall–Kier alpha value is -2.47. The van der Waals surface area contributed by atoms with Gasteiger partial charge in [-0.2, -0.15) is 0 Å². The van der Waals surface area contributed by atoms with Crippen molar-refractivity contribution in [2.75, 3.05) is 13.1 Å². The SMILES string of the molecule is O=C(CCn1cnc2sc3c(c2c1=O)CCCC3)N1CCC(c2ccccc2)CC1. The Morgan fingerprint density at radius 1 is 1.10 bits per heavy atom. The molecule has 0 atom stereocenters. The zero-order valence-electron chi connectivity index (χ0n) is 17.2. The summed E-state index contributed by atoms with van der Waals surface area (Å²) in [6.07, 6.45) is 8.37. The van der Waals surface area contributed by atoms with Gasteiger partial charge in [-0.3, -0.25) is 14.2 Å². The molecule has 1 aliphatic heterocycles. The van der Waals surface area contributed by atoms with E-state index in [9.17, 15) is 9.59 Å². The fourth-order valence-electron chi connectivity index (χ4n) is 4.90. The largest absolute Gasteiger partial charge is 0.343 e. The van der Waals surface area contributed by atoms with E-state index >= 15 is 0 Å². The molecule has 1 fully saturated rings. The molecule has 0 spiro atoms. The van der Waals surface area contributed by atoms with E-state index in [0.29, 0.717) is 18.9 Å². The number of benzene rings is 1. The second kappa shape index (κ2) is 8.34. The van der Waals surface area contributed by atoms with Crippen LogP contribution in [0.2, 0.25) is 0 Å². The number of rotatable bonds is 4. The number of carbonyl (C=O) groups excluding carboxylic acids is 1. The van der Waals surface area contributed by atoms with Gasteiger partial charge in [0, 0.05) is 30.9 Å². The lowest BCUT2D eigenvalue weighted by Crippen LogP contribution is -2.38. The van der Waals surface area contributed by atoms with Crippen molar-refractivity contribution >= 4 is 27.5 Å². The number of aryl methyl sites for hydroxylation is 3. The van der Waals surface area contributed by atoms with Crippen molar-refractivity contribution in [2.24, 2.45) is 0 Å². The molecule has 30 heavy (non-hydrogen) atoms. The van der Waals surface area contributed by atoms with Crippen LogP contribution in [-0.2, 0) is 24.2 Å². The molecule has 6 heteroatoms. The molecule has 2 aromatic heterocycles. The summed E-state index contributed by atoms with van der Waals surface area (Å²) in [5.41, 5.74) is 2.60. The molecule has 1 aliphatic carbocycles. The molecule has 2 aliphatic rings. The molecule has 3 aromatic rings. The zero-order valence-corrected chi connectivity index (χ0v) is 18.0. The number of carbonyl (C=O) groups is 1. The van der Waals surface area contributed by atoms with Crippen LogP contribution in [0.1, 0.15) is 54.0 Å². The summed E-state index contributed by atoms with van der Waals surface area (Å²) in [4.78, 5) is 34.5. The molecule has 5 rings (SSSR count). The van der Waals surface area contributed by atoms with E-state index in [1.807, 2.05) is 11.0 Å². The first-order chi connectivity index (χ1) is 14.7. The quantitative estimate of drug-likeness (QED) is 0.636. The Labute approximate surface area is 180 Å². The van der Waals surface area contributed by atoms with Gasteiger partial charge in [0.1, 0.15) is 4.83 Å². The van der Waals surface area contributed by atoms with Gasteiger partial charge in [-0.05, 0) is 55.6 Å². The third-order valence-electron chi connectivity index (χ3n) is 6.63. The Morgan fingerprint density at radius 2 is 1.87 bits per heavy atom. The van der Waals surface area contributed by atoms with Gasteiger partial charge in [0.2, 0.25) is 5.91 Å². The topological polar surface area (TPSA) is 55.2 Å². The lowest BCUT2D eigenvalue weighted by atomic mass is 9.89. The number of piperidine rings is 1. The summed E-state index contributed by atoms with van der Waals surface area (Å²) in [6.45, 7) is 2.00. The van der Waals surface area contributed by atoms with E-state index in [1.54, 1.807) is 22.2 Å². The number of aromatic nitrogens is 2. The van der Waals surface area contributed by atoms with Crippen molar-refractivity contribution in [1.29, 1.82) is 0 Å². The summed E-state index contributed by atoms with van der Waals surface area (Å²) in [6, 6.07) is 10.6. The van der Waals surface area contributed by atoms with Gasteiger partial charge in [-0.15, -0.1) is 11.3 Å². The van der Waals surface area contributed by atoms with Gasteiger partial charge >= 0.3 is 0 Å². The Balaban J connectivity index is 1.23. The van der Waals surface area contributed by atoms with Crippen LogP contribution in [0.15, 0.2) is 41.5 Å². The molecule has 0 N–H and O–H groups in total. The minimum atomic E-state index is 0.0231. The van der Waals surface area contributed by atoms with Crippen molar-refractivity contribution in [3.8, 4) is 0 Å². The van der Waals surface area contributed by atoms with E-state index in [1.165, 1.54) is 22.4 Å². The third kappa shape index (κ3) is 3.69. The van der Waals surface area contributed by atoms with Crippen molar-refractivity contribution in [2.45, 2.75) is 57.4 Å². The molecule has 3 heterocycles. The average molecular weight is 422 g/mol. The van der Waals surface area contributed by atoms with E-state index in [4.69, 9.17) is 0 Å². The summed E-state index contributed by atoms with van der Waals surface area (Å²) in [5, 5.41) is 0.799. The van der Waals surface area contributed by atoms with Crippen molar-refractivity contribution in [3.05, 3.63) is 63.0 Å². The highest BCUT2D eigenvalue weighted by molar-refractivity contribution is 7.18. The standard InChI is InChI=1S/C24H27N3O2S/c28-21(26-13-10-18(11-14-26)17-6-2-1-3-7-17)12-15-27-16-25-23-22(24(27)29)19-8-4-5-9-20(19)30-23/h1-3,6-7,16,18H,4-5,8-15H2. The van der Waals surface area contributed by atoms with Crippen molar-refractivity contribution in [1.82, 2.24) is 14.5 Å². The monoisotopic (exact) mass is 421 g/mol. The maximum atomic E-state index is 13.1. The van der Waals surface area contributed by atoms with Crippen LogP contribution in [0, 0.1) is 0 Å². The molecule has 0 bridgehead atoms. The Bertz CT molecular complexity index is 1110. The van der Waals surface area contributed by atoms with Gasteiger partial charge in [-0.1, -0.05) is 30.3 Å². The highest BCUT2D eigenvalue weighted by Crippen LogP contribution is 2.33. The van der Waals surface area contributed by atoms with Crippen molar-refractivity contribution in [3.63, 3.8) is 0 Å². The lowest BCUT2D eigenvalue weighted by molar-refractivity contribution is -0.132. The third-order valence-corrected chi connectivity index (χ3v) is 7.83. The fraction of sp³-hybridized carbons (Fsp3) is 0.458. The van der Waals surface area contributed by atoms with Crippen LogP contribution in [0.25, 0.3) is 10.2 Å². The minimum Gasteiger partial charge on any atom is -0.343 e. The van der Waals surface area contributed by atoms with E-state index < -0.39 is 0 Å². The average Bonchev–Trinajstić information content (AvgIpc) is 3.18. The molecule has 1 amide bonds. The second-order valence-electron chi connectivity index (χ2n) is 8.45. The maximum Gasteiger partial charge on any atom is 0.262 e. The Kier molecular flexibility index (Phi) is 5.42. The maximum absolute atomic E-state index is 13.1. The Morgan fingerprint density at radius 3 is 2.67 bits per heavy atom. The highest BCUT2D eigenvalue weighted by atomic mass is 32.1. The molecule has 0 saturated carbocycles. The summed E-state index contributed by atoms with van der Waals surface area (Å²) >= 11 is 1.67. The molecular formula is C24H27N3O2S. The molecular weight excluding hydrogens is 394 g/mol. The van der Waals surface area contributed by atoms with E-state index in [-0.39, 0.29) is 11.5 Å². The van der Waals surface area contributed by atoms with Gasteiger partial charge in [-0.25, -0.2) is 4.98 Å². The summed E-state index contributed by atoms with van der Waals surface area (Å²) in [7, 11) is 0. The van der Waals surface area contributed by atoms with Crippen LogP contribution in [0.5, 0.6) is 0 Å². The summed E-state index contributed by atoms with van der Waals surface area (Å²) < 4.78 is 1.64. The number of likely N-dealkylation sites (tertiary alicyclic amines) is 1. The normalized spacial score (nSPS) is 17.3. The molecule has 156 valence electrons. The first-order valence-corrected chi connectivity index (χ1v) is 11.8. The van der Waals surface area contributed by atoms with Crippen LogP contribution >= 0.6 is 11.3 Å². The molecule has 0 unspecified atom stereocenters. The summed E-state index contributed by atoms with van der Waals surface area (Å²) in [5.74, 6) is 0.676. The number of thiophene rings is 1. The predicted octanol–water partition coefficient (Wildman–Crippen LogP) is 4.13. The minimum absolute atomic E-state index is 0.0231.